The van der Waals surface area contributed by atoms with Gasteiger partial charge in [0.05, 0.1) is 0 Å². The smallest absolute Gasteiger partial charge is 0.0466 e. The molecule has 19 heavy (non-hydrogen) atoms. The second-order valence-corrected chi connectivity index (χ2v) is 7.10. The topological polar surface area (TPSA) is 12.0 Å². The van der Waals surface area contributed by atoms with Crippen LogP contribution in [0.25, 0.3) is 0 Å². The molecule has 0 bridgehead atoms. The predicted molar refractivity (Wildman–Crippen MR) is 87.5 cm³/mol. The quantitative estimate of drug-likeness (QED) is 0.760. The fourth-order valence-corrected chi connectivity index (χ4v) is 4.25. The molecule has 0 saturated heterocycles. The first-order valence-electron chi connectivity index (χ1n) is 7.09. The van der Waals surface area contributed by atoms with E-state index < -0.39 is 0 Å². The summed E-state index contributed by atoms with van der Waals surface area (Å²) in [6, 6.07) is 7.28. The van der Waals surface area contributed by atoms with Gasteiger partial charge in [-0.1, -0.05) is 13.8 Å². The lowest BCUT2D eigenvalue weighted by atomic mass is 10.1. The third kappa shape index (κ3) is 3.91. The van der Waals surface area contributed by atoms with Crippen LogP contribution in [0.5, 0.6) is 0 Å². The lowest BCUT2D eigenvalue weighted by molar-refractivity contribution is 0.538. The Morgan fingerprint density at radius 1 is 1.16 bits per heavy atom. The molecule has 2 aromatic heterocycles. The van der Waals surface area contributed by atoms with Gasteiger partial charge in [-0.15, -0.1) is 22.7 Å². The number of nitrogens with one attached hydrogen (secondary N) is 1. The summed E-state index contributed by atoms with van der Waals surface area (Å²) in [5.74, 6) is 0. The third-order valence-corrected chi connectivity index (χ3v) is 5.71. The second-order valence-electron chi connectivity index (χ2n) is 4.90. The van der Waals surface area contributed by atoms with Crippen LogP contribution in [0, 0.1) is 6.92 Å². The van der Waals surface area contributed by atoms with Crippen LogP contribution in [-0.2, 0) is 12.8 Å². The molecule has 0 spiro atoms. The van der Waals surface area contributed by atoms with Crippen LogP contribution in [0.4, 0.5) is 0 Å². The van der Waals surface area contributed by atoms with Crippen molar-refractivity contribution in [2.75, 3.05) is 6.54 Å². The Kier molecular flexibility index (Phi) is 5.61. The van der Waals surface area contributed by atoms with Crippen molar-refractivity contribution in [2.24, 2.45) is 0 Å². The summed E-state index contributed by atoms with van der Waals surface area (Å²) in [6.07, 6.45) is 3.45. The maximum absolute atomic E-state index is 3.71. The zero-order chi connectivity index (χ0) is 13.7. The highest BCUT2D eigenvalue weighted by atomic mass is 32.1. The molecule has 2 rings (SSSR count). The minimum atomic E-state index is 0.475. The van der Waals surface area contributed by atoms with Gasteiger partial charge in [0.25, 0.3) is 0 Å². The van der Waals surface area contributed by atoms with Gasteiger partial charge < -0.3 is 5.32 Å². The zero-order valence-corrected chi connectivity index (χ0v) is 13.7. The first-order chi connectivity index (χ1) is 9.24. The van der Waals surface area contributed by atoms with Gasteiger partial charge in [-0.2, -0.15) is 0 Å². The molecule has 1 atom stereocenters. The summed E-state index contributed by atoms with van der Waals surface area (Å²) in [5, 5.41) is 5.91. The summed E-state index contributed by atoms with van der Waals surface area (Å²) < 4.78 is 0. The van der Waals surface area contributed by atoms with E-state index in [2.05, 4.69) is 49.7 Å². The van der Waals surface area contributed by atoms with Crippen LogP contribution in [0.3, 0.4) is 0 Å². The third-order valence-electron chi connectivity index (χ3n) is 3.33. The fourth-order valence-electron chi connectivity index (χ4n) is 2.24. The van der Waals surface area contributed by atoms with Crippen LogP contribution in [-0.4, -0.2) is 6.54 Å². The number of hydrogen-bond donors (Lipinski definition) is 1. The van der Waals surface area contributed by atoms with Crippen molar-refractivity contribution in [1.29, 1.82) is 0 Å². The fraction of sp³-hybridized carbons (Fsp3) is 0.500. The van der Waals surface area contributed by atoms with Crippen LogP contribution in [0.1, 0.15) is 46.5 Å². The molecule has 1 unspecified atom stereocenters. The summed E-state index contributed by atoms with van der Waals surface area (Å²) >= 11 is 3.84. The standard InChI is InChI=1S/C16H23NS2/c1-4-9-17-15(16-12(3)8-10-18-16)11-14-7-6-13(5-2)19-14/h6-8,10,15,17H,4-5,9,11H2,1-3H3. The van der Waals surface area contributed by atoms with Crippen LogP contribution in [0.2, 0.25) is 0 Å². The molecule has 0 aliphatic carbocycles. The second kappa shape index (κ2) is 7.22. The van der Waals surface area contributed by atoms with Crippen molar-refractivity contribution in [2.45, 2.75) is 46.1 Å². The minimum absolute atomic E-state index is 0.475. The van der Waals surface area contributed by atoms with Gasteiger partial charge in [0.1, 0.15) is 0 Å². The molecule has 0 fully saturated rings. The molecule has 0 amide bonds. The molecule has 0 aliphatic heterocycles. The van der Waals surface area contributed by atoms with Crippen molar-refractivity contribution in [3.8, 4) is 0 Å². The first kappa shape index (κ1) is 14.8. The van der Waals surface area contributed by atoms with E-state index in [0.717, 1.165) is 19.4 Å². The summed E-state index contributed by atoms with van der Waals surface area (Å²) in [5.41, 5.74) is 1.42. The van der Waals surface area contributed by atoms with E-state index in [1.807, 2.05) is 22.7 Å². The lowest BCUT2D eigenvalue weighted by Gasteiger charge is -2.17. The van der Waals surface area contributed by atoms with Crippen molar-refractivity contribution in [3.63, 3.8) is 0 Å². The molecular formula is C16H23NS2. The van der Waals surface area contributed by atoms with Gasteiger partial charge >= 0.3 is 0 Å². The number of thiophene rings is 2. The number of rotatable bonds is 7. The molecule has 3 heteroatoms. The van der Waals surface area contributed by atoms with E-state index in [9.17, 15) is 0 Å². The number of hydrogen-bond acceptors (Lipinski definition) is 3. The largest absolute Gasteiger partial charge is 0.309 e. The van der Waals surface area contributed by atoms with Gasteiger partial charge in [0.15, 0.2) is 0 Å². The van der Waals surface area contributed by atoms with Gasteiger partial charge in [-0.3, -0.25) is 0 Å². The molecule has 0 aromatic carbocycles. The predicted octanol–water partition coefficient (Wildman–Crippen LogP) is 4.96. The van der Waals surface area contributed by atoms with E-state index >= 15 is 0 Å². The van der Waals surface area contributed by atoms with Gasteiger partial charge in [-0.25, -0.2) is 0 Å². The molecule has 0 radical (unpaired) electrons. The summed E-state index contributed by atoms with van der Waals surface area (Å²) in [4.78, 5) is 4.49. The Bertz CT molecular complexity index is 498. The molecular weight excluding hydrogens is 270 g/mol. The maximum atomic E-state index is 3.71. The molecule has 104 valence electrons. The average Bonchev–Trinajstić information content (AvgIpc) is 3.03. The highest BCUT2D eigenvalue weighted by Crippen LogP contribution is 2.29. The Balaban J connectivity index is 2.11. The molecule has 2 heterocycles. The normalized spacial score (nSPS) is 12.8. The molecule has 0 aliphatic rings. The van der Waals surface area contributed by atoms with E-state index in [1.54, 1.807) is 0 Å². The van der Waals surface area contributed by atoms with Crippen molar-refractivity contribution < 1.29 is 0 Å². The van der Waals surface area contributed by atoms with E-state index in [1.165, 1.54) is 26.6 Å². The van der Waals surface area contributed by atoms with E-state index in [-0.39, 0.29) is 0 Å². The van der Waals surface area contributed by atoms with Crippen LogP contribution >= 0.6 is 22.7 Å². The Labute approximate surface area is 124 Å². The molecule has 2 aromatic rings. The van der Waals surface area contributed by atoms with E-state index in [0.29, 0.717) is 6.04 Å². The van der Waals surface area contributed by atoms with Gasteiger partial charge in [-0.05, 0) is 55.5 Å². The highest BCUT2D eigenvalue weighted by Gasteiger charge is 2.16. The SMILES string of the molecule is CCCNC(Cc1ccc(CC)s1)c1sccc1C. The van der Waals surface area contributed by atoms with Gasteiger partial charge in [0, 0.05) is 27.1 Å². The molecule has 1 nitrogen and oxygen atoms in total. The zero-order valence-electron chi connectivity index (χ0n) is 12.0. The molecule has 1 N–H and O–H groups in total. The van der Waals surface area contributed by atoms with Crippen molar-refractivity contribution >= 4 is 22.7 Å². The Hall–Kier alpha value is -0.640. The first-order valence-corrected chi connectivity index (χ1v) is 8.79. The minimum Gasteiger partial charge on any atom is -0.309 e. The Morgan fingerprint density at radius 2 is 1.95 bits per heavy atom. The summed E-state index contributed by atoms with van der Waals surface area (Å²) in [6.45, 7) is 7.77. The average molecular weight is 294 g/mol. The Morgan fingerprint density at radius 3 is 2.53 bits per heavy atom. The number of aryl methyl sites for hydroxylation is 2. The van der Waals surface area contributed by atoms with Crippen LogP contribution in [0.15, 0.2) is 23.6 Å². The van der Waals surface area contributed by atoms with Gasteiger partial charge in [0.2, 0.25) is 0 Å². The molecule has 0 saturated carbocycles. The van der Waals surface area contributed by atoms with E-state index in [4.69, 9.17) is 0 Å². The highest BCUT2D eigenvalue weighted by molar-refractivity contribution is 7.12. The summed E-state index contributed by atoms with van der Waals surface area (Å²) in [7, 11) is 0. The monoisotopic (exact) mass is 293 g/mol. The lowest BCUT2D eigenvalue weighted by Crippen LogP contribution is -2.23. The maximum Gasteiger partial charge on any atom is 0.0466 e. The van der Waals surface area contributed by atoms with Crippen molar-refractivity contribution in [1.82, 2.24) is 5.32 Å². The van der Waals surface area contributed by atoms with Crippen molar-refractivity contribution in [3.05, 3.63) is 43.8 Å². The van der Waals surface area contributed by atoms with Crippen LogP contribution < -0.4 is 5.32 Å².